The zero-order valence-electron chi connectivity index (χ0n) is 11.4. The molecule has 0 unspecified atom stereocenters. The van der Waals surface area contributed by atoms with Gasteiger partial charge in [-0.3, -0.25) is 9.98 Å². The van der Waals surface area contributed by atoms with Crippen LogP contribution in [0.5, 0.6) is 0 Å². The van der Waals surface area contributed by atoms with Gasteiger partial charge in [0, 0.05) is 32.0 Å². The Morgan fingerprint density at radius 1 is 1.60 bits per heavy atom. The van der Waals surface area contributed by atoms with Crippen molar-refractivity contribution in [2.75, 3.05) is 20.1 Å². The molecule has 0 spiro atoms. The number of guanidine groups is 1. The lowest BCUT2D eigenvalue weighted by atomic mass is 10.5. The van der Waals surface area contributed by atoms with Crippen LogP contribution in [0.2, 0.25) is 0 Å². The number of nitrogens with zero attached hydrogens (tertiary/aromatic N) is 3. The van der Waals surface area contributed by atoms with Crippen molar-refractivity contribution in [1.29, 1.82) is 0 Å². The molecule has 1 saturated carbocycles. The first-order chi connectivity index (χ1) is 9.50. The van der Waals surface area contributed by atoms with E-state index in [9.17, 15) is 8.42 Å². The molecule has 0 radical (unpaired) electrons. The molecular weight excluding hydrogens is 278 g/mol. The predicted octanol–water partition coefficient (Wildman–Crippen LogP) is -0.231. The third kappa shape index (κ3) is 3.91. The van der Waals surface area contributed by atoms with Gasteiger partial charge >= 0.3 is 0 Å². The third-order valence-electron chi connectivity index (χ3n) is 3.08. The SMILES string of the molecule is CN(C(N)=NCCNS(=O)(=O)c1cccnc1)C1CC1. The molecule has 1 fully saturated rings. The molecule has 8 heteroatoms. The fraction of sp³-hybridized carbons (Fsp3) is 0.500. The molecule has 0 atom stereocenters. The zero-order valence-corrected chi connectivity index (χ0v) is 12.2. The fourth-order valence-electron chi connectivity index (χ4n) is 1.70. The molecule has 0 bridgehead atoms. The maximum Gasteiger partial charge on any atom is 0.242 e. The smallest absolute Gasteiger partial charge is 0.242 e. The van der Waals surface area contributed by atoms with Gasteiger partial charge in [-0.15, -0.1) is 0 Å². The molecule has 3 N–H and O–H groups in total. The molecule has 0 aromatic carbocycles. The average Bonchev–Trinajstić information content (AvgIpc) is 3.28. The van der Waals surface area contributed by atoms with Gasteiger partial charge in [0.25, 0.3) is 0 Å². The molecule has 20 heavy (non-hydrogen) atoms. The number of nitrogens with two attached hydrogens (primary N) is 1. The van der Waals surface area contributed by atoms with Gasteiger partial charge in [0.15, 0.2) is 5.96 Å². The van der Waals surface area contributed by atoms with E-state index in [1.165, 1.54) is 18.5 Å². The van der Waals surface area contributed by atoms with Crippen LogP contribution in [-0.4, -0.2) is 50.4 Å². The van der Waals surface area contributed by atoms with Crippen molar-refractivity contribution in [1.82, 2.24) is 14.6 Å². The molecule has 1 aromatic rings. The van der Waals surface area contributed by atoms with Gasteiger partial charge in [0.2, 0.25) is 10.0 Å². The minimum absolute atomic E-state index is 0.145. The highest BCUT2D eigenvalue weighted by molar-refractivity contribution is 7.89. The maximum atomic E-state index is 11.9. The molecule has 1 aliphatic rings. The molecular formula is C12H19N5O2S. The number of nitrogens with one attached hydrogen (secondary N) is 1. The number of aromatic nitrogens is 1. The van der Waals surface area contributed by atoms with Crippen LogP contribution in [0.4, 0.5) is 0 Å². The Bertz CT molecular complexity index is 569. The number of hydrogen-bond acceptors (Lipinski definition) is 4. The molecule has 0 saturated heterocycles. The van der Waals surface area contributed by atoms with Crippen molar-refractivity contribution < 1.29 is 8.42 Å². The lowest BCUT2D eigenvalue weighted by Crippen LogP contribution is -2.36. The lowest BCUT2D eigenvalue weighted by Gasteiger charge is -2.16. The Labute approximate surface area is 119 Å². The summed E-state index contributed by atoms with van der Waals surface area (Å²) in [7, 11) is -1.62. The van der Waals surface area contributed by atoms with Crippen LogP contribution >= 0.6 is 0 Å². The number of pyridine rings is 1. The van der Waals surface area contributed by atoms with E-state index < -0.39 is 10.0 Å². The molecule has 2 rings (SSSR count). The van der Waals surface area contributed by atoms with Crippen LogP contribution in [0.15, 0.2) is 34.4 Å². The van der Waals surface area contributed by atoms with E-state index in [0.717, 1.165) is 12.8 Å². The summed E-state index contributed by atoms with van der Waals surface area (Å²) in [4.78, 5) is 10.0. The number of sulfonamides is 1. The van der Waals surface area contributed by atoms with Crippen LogP contribution < -0.4 is 10.5 Å². The summed E-state index contributed by atoms with van der Waals surface area (Å²) in [5.41, 5.74) is 5.81. The van der Waals surface area contributed by atoms with Gasteiger partial charge in [-0.1, -0.05) is 0 Å². The topological polar surface area (TPSA) is 101 Å². The Hall–Kier alpha value is -1.67. The monoisotopic (exact) mass is 297 g/mol. The highest BCUT2D eigenvalue weighted by Gasteiger charge is 2.27. The Morgan fingerprint density at radius 2 is 2.35 bits per heavy atom. The minimum atomic E-state index is -3.52. The van der Waals surface area contributed by atoms with E-state index in [2.05, 4.69) is 14.7 Å². The molecule has 110 valence electrons. The van der Waals surface area contributed by atoms with Gasteiger partial charge in [0.1, 0.15) is 4.90 Å². The minimum Gasteiger partial charge on any atom is -0.370 e. The lowest BCUT2D eigenvalue weighted by molar-refractivity contribution is 0.487. The van der Waals surface area contributed by atoms with Crippen LogP contribution in [0, 0.1) is 0 Å². The van der Waals surface area contributed by atoms with Crippen LogP contribution in [0.1, 0.15) is 12.8 Å². The van der Waals surface area contributed by atoms with E-state index >= 15 is 0 Å². The van der Waals surface area contributed by atoms with Gasteiger partial charge in [-0.2, -0.15) is 0 Å². The summed E-state index contributed by atoms with van der Waals surface area (Å²) in [6, 6.07) is 3.56. The highest BCUT2D eigenvalue weighted by Crippen LogP contribution is 2.24. The number of rotatable bonds is 6. The van der Waals surface area contributed by atoms with Gasteiger partial charge in [-0.25, -0.2) is 13.1 Å². The van der Waals surface area contributed by atoms with Gasteiger partial charge < -0.3 is 10.6 Å². The third-order valence-corrected chi connectivity index (χ3v) is 4.52. The summed E-state index contributed by atoms with van der Waals surface area (Å²) in [6.45, 7) is 0.513. The van der Waals surface area contributed by atoms with E-state index in [0.29, 0.717) is 18.5 Å². The second-order valence-electron chi connectivity index (χ2n) is 4.67. The Morgan fingerprint density at radius 3 is 2.95 bits per heavy atom. The summed E-state index contributed by atoms with van der Waals surface area (Å²) in [5.74, 6) is 0.452. The second-order valence-corrected chi connectivity index (χ2v) is 6.44. The van der Waals surface area contributed by atoms with Crippen LogP contribution in [-0.2, 0) is 10.0 Å². The van der Waals surface area contributed by atoms with E-state index in [1.54, 1.807) is 6.07 Å². The first kappa shape index (κ1) is 14.7. The Kier molecular flexibility index (Phi) is 4.56. The molecule has 1 aliphatic carbocycles. The predicted molar refractivity (Wildman–Crippen MR) is 76.7 cm³/mol. The zero-order chi connectivity index (χ0) is 14.6. The molecule has 1 heterocycles. The first-order valence-electron chi connectivity index (χ1n) is 6.43. The summed E-state index contributed by atoms with van der Waals surface area (Å²) >= 11 is 0. The fourth-order valence-corrected chi connectivity index (χ4v) is 2.68. The Balaban J connectivity index is 1.82. The molecule has 1 aromatic heterocycles. The summed E-state index contributed by atoms with van der Waals surface area (Å²) in [6.07, 6.45) is 5.11. The van der Waals surface area contributed by atoms with Crippen molar-refractivity contribution in [3.8, 4) is 0 Å². The number of aliphatic imine (C=N–C) groups is 1. The van der Waals surface area contributed by atoms with Crippen molar-refractivity contribution >= 4 is 16.0 Å². The molecule has 0 amide bonds. The first-order valence-corrected chi connectivity index (χ1v) is 7.91. The van der Waals surface area contributed by atoms with Crippen LogP contribution in [0.25, 0.3) is 0 Å². The van der Waals surface area contributed by atoms with Gasteiger partial charge in [-0.05, 0) is 25.0 Å². The normalized spacial score (nSPS) is 16.1. The van der Waals surface area contributed by atoms with Crippen LogP contribution in [0.3, 0.4) is 0 Å². The molecule has 0 aliphatic heterocycles. The summed E-state index contributed by atoms with van der Waals surface area (Å²) < 4.78 is 26.2. The second kappa shape index (κ2) is 6.19. The highest BCUT2D eigenvalue weighted by atomic mass is 32.2. The number of hydrogen-bond donors (Lipinski definition) is 2. The van der Waals surface area contributed by atoms with Crippen molar-refractivity contribution in [2.45, 2.75) is 23.8 Å². The van der Waals surface area contributed by atoms with E-state index in [-0.39, 0.29) is 11.4 Å². The van der Waals surface area contributed by atoms with Crippen molar-refractivity contribution in [3.05, 3.63) is 24.5 Å². The van der Waals surface area contributed by atoms with E-state index in [1.807, 2.05) is 11.9 Å². The largest absolute Gasteiger partial charge is 0.370 e. The van der Waals surface area contributed by atoms with E-state index in [4.69, 9.17) is 5.73 Å². The van der Waals surface area contributed by atoms with Gasteiger partial charge in [0.05, 0.1) is 6.54 Å². The maximum absolute atomic E-state index is 11.9. The molecule has 7 nitrogen and oxygen atoms in total. The van der Waals surface area contributed by atoms with Crippen molar-refractivity contribution in [2.24, 2.45) is 10.7 Å². The standard InChI is InChI=1S/C12H19N5O2S/c1-17(10-4-5-10)12(13)15-7-8-16-20(18,19)11-3-2-6-14-9-11/h2-3,6,9-10,16H,4-5,7-8H2,1H3,(H2,13,15). The summed E-state index contributed by atoms with van der Waals surface area (Å²) in [5, 5.41) is 0. The average molecular weight is 297 g/mol. The van der Waals surface area contributed by atoms with Crippen molar-refractivity contribution in [3.63, 3.8) is 0 Å². The quantitative estimate of drug-likeness (QED) is 0.429.